The molecule has 2 N–H and O–H groups in total. The number of halogens is 2. The van der Waals surface area contributed by atoms with E-state index in [4.69, 9.17) is 0 Å². The highest BCUT2D eigenvalue weighted by molar-refractivity contribution is 7.90. The topological polar surface area (TPSA) is 49.1 Å². The molecular weight excluding hydrogens is 124 g/mol. The summed E-state index contributed by atoms with van der Waals surface area (Å²) in [7, 11) is 0. The van der Waals surface area contributed by atoms with Crippen LogP contribution in [0, 0.1) is 0 Å². The predicted molar refractivity (Wildman–Crippen MR) is 23.0 cm³/mol. The van der Waals surface area contributed by atoms with Crippen LogP contribution < -0.4 is 5.14 Å². The zero-order valence-corrected chi connectivity index (χ0v) is 4.47. The Hall–Kier alpha value is 0.130. The minimum absolute atomic E-state index is 0.503. The van der Waals surface area contributed by atoms with Crippen LogP contribution in [0.3, 0.4) is 0 Å². The third-order valence-electron chi connectivity index (χ3n) is 0.353. The fraction of sp³-hybridized carbons (Fsp3) is 1.00. The molecule has 0 aliphatic rings. The Morgan fingerprint density at radius 2 is 1.86 bits per heavy atom. The number of hydrogen-bond donors (Lipinski definition) is 1. The molecule has 0 aliphatic carbocycles. The summed E-state index contributed by atoms with van der Waals surface area (Å²) in [5, 5.41) is 1.04. The second-order valence-electron chi connectivity index (χ2n) is 1.11. The van der Waals surface area contributed by atoms with Gasteiger partial charge in [0.2, 0.25) is 0 Å². The third kappa shape index (κ3) is 2.78. The van der Waals surface area contributed by atoms with E-state index in [1.165, 1.54) is 0 Å². The van der Waals surface area contributed by atoms with Crippen molar-refractivity contribution in [2.75, 3.05) is 0 Å². The maximum Gasteiger partial charge on any atom is 0.422 e. The van der Waals surface area contributed by atoms with Gasteiger partial charge < -0.3 is 4.55 Å². The van der Waals surface area contributed by atoms with E-state index < -0.39 is 16.6 Å². The molecule has 0 rings (SSSR count). The first-order valence-electron chi connectivity index (χ1n) is 1.48. The highest BCUT2D eigenvalue weighted by atomic mass is 32.2. The van der Waals surface area contributed by atoms with Crippen molar-refractivity contribution in [2.45, 2.75) is 12.2 Å². The number of nitrogens with two attached hydrogens (primary N) is 1. The lowest BCUT2D eigenvalue weighted by Gasteiger charge is -2.08. The summed E-state index contributed by atoms with van der Waals surface area (Å²) < 4.78 is 32.4. The molecule has 44 valence electrons. The summed E-state index contributed by atoms with van der Waals surface area (Å²) in [5.74, 6) is 0. The van der Waals surface area contributed by atoms with Gasteiger partial charge in [-0.1, -0.05) is 0 Å². The van der Waals surface area contributed by atoms with Gasteiger partial charge in [0.15, 0.2) is 0 Å². The smallest absolute Gasteiger partial charge is 0.422 e. The summed E-state index contributed by atoms with van der Waals surface area (Å²) >= 11 is -2.52. The molecular formula is C2H5F2NOS. The first-order chi connectivity index (χ1) is 2.94. The molecule has 0 aromatic rings. The van der Waals surface area contributed by atoms with Gasteiger partial charge in [-0.05, 0) is 0 Å². The Morgan fingerprint density at radius 3 is 1.86 bits per heavy atom. The average molecular weight is 129 g/mol. The first-order valence-corrected chi connectivity index (χ1v) is 2.70. The van der Waals surface area contributed by atoms with Crippen molar-refractivity contribution in [1.82, 2.24) is 0 Å². The van der Waals surface area contributed by atoms with Crippen LogP contribution in [0.2, 0.25) is 0 Å². The van der Waals surface area contributed by atoms with Crippen LogP contribution in [0.25, 0.3) is 0 Å². The van der Waals surface area contributed by atoms with Gasteiger partial charge >= 0.3 is 5.25 Å². The molecule has 2 nitrogen and oxygen atoms in total. The third-order valence-corrected chi connectivity index (χ3v) is 1.06. The maximum atomic E-state index is 11.4. The van der Waals surface area contributed by atoms with Crippen molar-refractivity contribution in [3.8, 4) is 0 Å². The number of hydrogen-bond acceptors (Lipinski definition) is 2. The van der Waals surface area contributed by atoms with Crippen LogP contribution in [0.4, 0.5) is 8.78 Å². The monoisotopic (exact) mass is 129 g/mol. The molecule has 0 bridgehead atoms. The molecule has 0 saturated heterocycles. The minimum Gasteiger partial charge on any atom is -0.593 e. The van der Waals surface area contributed by atoms with Crippen LogP contribution in [0.5, 0.6) is 0 Å². The summed E-state index contributed by atoms with van der Waals surface area (Å²) in [6, 6.07) is 0. The lowest BCUT2D eigenvalue weighted by molar-refractivity contribution is 0.114. The van der Waals surface area contributed by atoms with Crippen LogP contribution in [-0.4, -0.2) is 9.81 Å². The highest BCUT2D eigenvalue weighted by Crippen LogP contribution is 2.15. The molecule has 0 fully saturated rings. The van der Waals surface area contributed by atoms with Crippen LogP contribution in [0.1, 0.15) is 6.92 Å². The summed E-state index contributed by atoms with van der Waals surface area (Å²) in [5.41, 5.74) is 0. The lowest BCUT2D eigenvalue weighted by Crippen LogP contribution is -2.31. The van der Waals surface area contributed by atoms with E-state index in [2.05, 4.69) is 5.14 Å². The Morgan fingerprint density at radius 1 is 1.71 bits per heavy atom. The van der Waals surface area contributed by atoms with Crippen LogP contribution in [0.15, 0.2) is 0 Å². The number of rotatable bonds is 1. The molecule has 0 aromatic carbocycles. The fourth-order valence-electron chi connectivity index (χ4n) is 0. The van der Waals surface area contributed by atoms with Gasteiger partial charge in [-0.25, -0.2) is 0 Å². The zero-order valence-electron chi connectivity index (χ0n) is 3.65. The van der Waals surface area contributed by atoms with Gasteiger partial charge in [0.1, 0.15) is 11.4 Å². The molecule has 0 aromatic heterocycles. The van der Waals surface area contributed by atoms with E-state index in [0.29, 0.717) is 6.92 Å². The molecule has 1 atom stereocenters. The highest BCUT2D eigenvalue weighted by Gasteiger charge is 2.34. The van der Waals surface area contributed by atoms with Gasteiger partial charge in [-0.3, -0.25) is 0 Å². The molecule has 7 heavy (non-hydrogen) atoms. The van der Waals surface area contributed by atoms with E-state index >= 15 is 0 Å². The minimum atomic E-state index is -3.25. The average Bonchev–Trinajstić information content (AvgIpc) is 1.31. The second kappa shape index (κ2) is 1.94. The predicted octanol–water partition coefficient (Wildman–Crippen LogP) is 0.222. The standard InChI is InChI=1S/C2H5F2NOS/c1-2(3,4)7(5)6/h5H2,1H3. The van der Waals surface area contributed by atoms with Crippen molar-refractivity contribution in [2.24, 2.45) is 5.14 Å². The lowest BCUT2D eigenvalue weighted by atomic mass is 10.9. The van der Waals surface area contributed by atoms with E-state index in [1.807, 2.05) is 0 Å². The maximum absolute atomic E-state index is 11.4. The van der Waals surface area contributed by atoms with Crippen LogP contribution in [-0.2, 0) is 11.4 Å². The Labute approximate surface area is 43.0 Å². The summed E-state index contributed by atoms with van der Waals surface area (Å²) in [6.45, 7) is 0.503. The molecule has 1 unspecified atom stereocenters. The zero-order chi connectivity index (χ0) is 6.08. The Balaban J connectivity index is 3.54. The molecule has 0 saturated carbocycles. The molecule has 0 heterocycles. The normalized spacial score (nSPS) is 16.7. The molecule has 0 aliphatic heterocycles. The molecule has 0 amide bonds. The van der Waals surface area contributed by atoms with Gasteiger partial charge in [-0.2, -0.15) is 8.78 Å². The van der Waals surface area contributed by atoms with Gasteiger partial charge in [0.25, 0.3) is 0 Å². The van der Waals surface area contributed by atoms with E-state index in [-0.39, 0.29) is 0 Å². The van der Waals surface area contributed by atoms with Crippen LogP contribution >= 0.6 is 0 Å². The van der Waals surface area contributed by atoms with Crippen molar-refractivity contribution >= 4 is 11.4 Å². The Bertz CT molecular complexity index is 61.2. The largest absolute Gasteiger partial charge is 0.593 e. The Kier molecular flexibility index (Phi) is 1.97. The fourth-order valence-corrected chi connectivity index (χ4v) is 0. The SMILES string of the molecule is CC(F)(F)[S+](N)[O-]. The van der Waals surface area contributed by atoms with Crippen molar-refractivity contribution < 1.29 is 13.3 Å². The van der Waals surface area contributed by atoms with Crippen molar-refractivity contribution in [3.05, 3.63) is 0 Å². The molecule has 5 heteroatoms. The number of alkyl halides is 2. The van der Waals surface area contributed by atoms with Gasteiger partial charge in [0.05, 0.1) is 6.92 Å². The van der Waals surface area contributed by atoms with E-state index in [0.717, 1.165) is 0 Å². The van der Waals surface area contributed by atoms with Crippen molar-refractivity contribution in [1.29, 1.82) is 0 Å². The second-order valence-corrected chi connectivity index (χ2v) is 2.42. The van der Waals surface area contributed by atoms with Gasteiger partial charge in [0, 0.05) is 0 Å². The van der Waals surface area contributed by atoms with E-state index in [1.54, 1.807) is 0 Å². The molecule has 0 radical (unpaired) electrons. The summed E-state index contributed by atoms with van der Waals surface area (Å²) in [4.78, 5) is 0. The quantitative estimate of drug-likeness (QED) is 0.515. The molecule has 0 spiro atoms. The first kappa shape index (κ1) is 7.13. The van der Waals surface area contributed by atoms with E-state index in [9.17, 15) is 13.3 Å². The van der Waals surface area contributed by atoms with Crippen molar-refractivity contribution in [3.63, 3.8) is 0 Å². The van der Waals surface area contributed by atoms with Gasteiger partial charge in [-0.15, -0.1) is 5.14 Å². The summed E-state index contributed by atoms with van der Waals surface area (Å²) in [6.07, 6.45) is 0.